The van der Waals surface area contributed by atoms with E-state index in [0.29, 0.717) is 5.56 Å². The molecule has 2 aromatic rings. The number of amides is 1. The molecule has 2 fully saturated rings. The number of aryl methyl sites for hydroxylation is 3. The highest BCUT2D eigenvalue weighted by Crippen LogP contribution is 2.30. The number of fused-ring (bicyclic) bond motifs is 1. The number of carbonyl (C=O) groups is 1. The summed E-state index contributed by atoms with van der Waals surface area (Å²) in [4.78, 5) is 19.9. The smallest absolute Gasteiger partial charge is 0.252 e. The lowest BCUT2D eigenvalue weighted by Crippen LogP contribution is -2.37. The molecule has 23 heavy (non-hydrogen) atoms. The standard InChI is InChI=1S/C17H23N5O/c1-10-8-14(15-11(2)20-21(3)16(15)18-10)17(23)19-12-6-7-22(9-12)13-4-5-13/h8,12-13H,4-7,9H2,1-3H3,(H,19,23)/t12-/m0/s1. The van der Waals surface area contributed by atoms with Crippen molar-refractivity contribution in [3.63, 3.8) is 0 Å². The van der Waals surface area contributed by atoms with Crippen LogP contribution in [0.2, 0.25) is 0 Å². The van der Waals surface area contributed by atoms with Crippen LogP contribution in [0.15, 0.2) is 6.07 Å². The summed E-state index contributed by atoms with van der Waals surface area (Å²) >= 11 is 0. The first-order valence-electron chi connectivity index (χ1n) is 8.39. The molecule has 1 saturated heterocycles. The van der Waals surface area contributed by atoms with Gasteiger partial charge in [-0.15, -0.1) is 0 Å². The Morgan fingerprint density at radius 2 is 2.09 bits per heavy atom. The van der Waals surface area contributed by atoms with Gasteiger partial charge in [-0.2, -0.15) is 5.10 Å². The molecule has 0 spiro atoms. The lowest BCUT2D eigenvalue weighted by atomic mass is 10.1. The predicted octanol–water partition coefficient (Wildman–Crippen LogP) is 1.55. The minimum absolute atomic E-state index is 0.000697. The molecule has 0 aromatic carbocycles. The normalized spacial score (nSPS) is 22.0. The van der Waals surface area contributed by atoms with Crippen LogP contribution in [0.3, 0.4) is 0 Å². The van der Waals surface area contributed by atoms with Crippen molar-refractivity contribution in [1.29, 1.82) is 0 Å². The molecule has 2 aromatic heterocycles. The van der Waals surface area contributed by atoms with Gasteiger partial charge in [0.15, 0.2) is 5.65 Å². The van der Waals surface area contributed by atoms with E-state index in [0.717, 1.165) is 48.0 Å². The Balaban J connectivity index is 1.59. The van der Waals surface area contributed by atoms with Crippen LogP contribution in [-0.4, -0.2) is 50.7 Å². The number of hydrogen-bond acceptors (Lipinski definition) is 4. The van der Waals surface area contributed by atoms with Crippen LogP contribution in [-0.2, 0) is 7.05 Å². The van der Waals surface area contributed by atoms with Gasteiger partial charge in [0.25, 0.3) is 5.91 Å². The number of pyridine rings is 1. The number of rotatable bonds is 3. The van der Waals surface area contributed by atoms with E-state index in [1.807, 2.05) is 27.0 Å². The molecule has 2 aliphatic rings. The molecule has 1 atom stereocenters. The predicted molar refractivity (Wildman–Crippen MR) is 88.4 cm³/mol. The Hall–Kier alpha value is -1.95. The van der Waals surface area contributed by atoms with Crippen molar-refractivity contribution in [2.24, 2.45) is 7.05 Å². The number of nitrogens with zero attached hydrogens (tertiary/aromatic N) is 4. The topological polar surface area (TPSA) is 63.1 Å². The van der Waals surface area contributed by atoms with E-state index in [9.17, 15) is 4.79 Å². The SMILES string of the molecule is Cc1cc(C(=O)N[C@H]2CCN(C3CC3)C2)c2c(C)nn(C)c2n1. The maximum Gasteiger partial charge on any atom is 0.252 e. The lowest BCUT2D eigenvalue weighted by molar-refractivity contribution is 0.0939. The molecule has 122 valence electrons. The molecule has 4 rings (SSSR count). The van der Waals surface area contributed by atoms with E-state index >= 15 is 0 Å². The highest BCUT2D eigenvalue weighted by molar-refractivity contribution is 6.06. The molecule has 1 aliphatic heterocycles. The maximum atomic E-state index is 12.8. The molecule has 0 radical (unpaired) electrons. The fourth-order valence-corrected chi connectivity index (χ4v) is 3.69. The van der Waals surface area contributed by atoms with Crippen LogP contribution >= 0.6 is 0 Å². The Morgan fingerprint density at radius 3 is 2.83 bits per heavy atom. The first-order valence-corrected chi connectivity index (χ1v) is 8.39. The van der Waals surface area contributed by atoms with Crippen LogP contribution in [0.1, 0.15) is 41.0 Å². The summed E-state index contributed by atoms with van der Waals surface area (Å²) in [7, 11) is 1.87. The van der Waals surface area contributed by atoms with Gasteiger partial charge in [-0.3, -0.25) is 14.4 Å². The van der Waals surface area contributed by atoms with E-state index in [1.165, 1.54) is 12.8 Å². The van der Waals surface area contributed by atoms with Crippen LogP contribution in [0, 0.1) is 13.8 Å². The molecular weight excluding hydrogens is 290 g/mol. The van der Waals surface area contributed by atoms with Gasteiger partial charge in [0.05, 0.1) is 16.6 Å². The van der Waals surface area contributed by atoms with Crippen LogP contribution in [0.4, 0.5) is 0 Å². The van der Waals surface area contributed by atoms with Crippen molar-refractivity contribution in [3.05, 3.63) is 23.0 Å². The Bertz CT molecular complexity index is 777. The third-order valence-electron chi connectivity index (χ3n) is 4.96. The van der Waals surface area contributed by atoms with Crippen molar-refractivity contribution < 1.29 is 4.79 Å². The monoisotopic (exact) mass is 313 g/mol. The van der Waals surface area contributed by atoms with Gasteiger partial charge in [-0.05, 0) is 39.2 Å². The van der Waals surface area contributed by atoms with E-state index in [4.69, 9.17) is 0 Å². The van der Waals surface area contributed by atoms with Crippen LogP contribution in [0.25, 0.3) is 11.0 Å². The van der Waals surface area contributed by atoms with Gasteiger partial charge in [0, 0.05) is 37.9 Å². The third-order valence-corrected chi connectivity index (χ3v) is 4.96. The zero-order valence-electron chi connectivity index (χ0n) is 14.0. The highest BCUT2D eigenvalue weighted by atomic mass is 16.1. The van der Waals surface area contributed by atoms with Gasteiger partial charge in [-0.25, -0.2) is 4.98 Å². The molecule has 6 nitrogen and oxygen atoms in total. The molecule has 0 unspecified atom stereocenters. The van der Waals surface area contributed by atoms with Crippen molar-refractivity contribution in [2.45, 2.75) is 45.2 Å². The van der Waals surface area contributed by atoms with Crippen molar-refractivity contribution in [3.8, 4) is 0 Å². The molecule has 1 saturated carbocycles. The first-order chi connectivity index (χ1) is 11.0. The van der Waals surface area contributed by atoms with E-state index in [1.54, 1.807) is 4.68 Å². The van der Waals surface area contributed by atoms with E-state index < -0.39 is 0 Å². The molecular formula is C17H23N5O. The van der Waals surface area contributed by atoms with Gasteiger partial charge >= 0.3 is 0 Å². The Labute approximate surface area is 135 Å². The number of hydrogen-bond donors (Lipinski definition) is 1. The lowest BCUT2D eigenvalue weighted by Gasteiger charge is -2.16. The van der Waals surface area contributed by atoms with Gasteiger partial charge in [0.1, 0.15) is 0 Å². The van der Waals surface area contributed by atoms with Gasteiger partial charge in [-0.1, -0.05) is 0 Å². The average molecular weight is 313 g/mol. The fourth-order valence-electron chi connectivity index (χ4n) is 3.69. The largest absolute Gasteiger partial charge is 0.348 e. The second-order valence-corrected chi connectivity index (χ2v) is 6.90. The summed E-state index contributed by atoms with van der Waals surface area (Å²) in [5, 5.41) is 8.50. The number of aromatic nitrogens is 3. The van der Waals surface area contributed by atoms with Crippen molar-refractivity contribution >= 4 is 16.9 Å². The van der Waals surface area contributed by atoms with Crippen LogP contribution < -0.4 is 5.32 Å². The fraction of sp³-hybridized carbons (Fsp3) is 0.588. The van der Waals surface area contributed by atoms with Gasteiger partial charge < -0.3 is 5.32 Å². The van der Waals surface area contributed by atoms with Gasteiger partial charge in [0.2, 0.25) is 0 Å². The van der Waals surface area contributed by atoms with Crippen molar-refractivity contribution in [2.75, 3.05) is 13.1 Å². The molecule has 6 heteroatoms. The summed E-state index contributed by atoms with van der Waals surface area (Å²) in [6.07, 6.45) is 3.68. The Morgan fingerprint density at radius 1 is 1.30 bits per heavy atom. The summed E-state index contributed by atoms with van der Waals surface area (Å²) in [6, 6.07) is 2.90. The summed E-state index contributed by atoms with van der Waals surface area (Å²) < 4.78 is 1.75. The number of carbonyl (C=O) groups excluding carboxylic acids is 1. The highest BCUT2D eigenvalue weighted by Gasteiger charge is 2.35. The third kappa shape index (κ3) is 2.61. The molecule has 1 N–H and O–H groups in total. The second kappa shape index (κ2) is 5.30. The summed E-state index contributed by atoms with van der Waals surface area (Å²) in [6.45, 7) is 5.94. The van der Waals surface area contributed by atoms with E-state index in [-0.39, 0.29) is 11.9 Å². The number of likely N-dealkylation sites (tertiary alicyclic amines) is 1. The quantitative estimate of drug-likeness (QED) is 0.934. The maximum absolute atomic E-state index is 12.8. The summed E-state index contributed by atoms with van der Waals surface area (Å²) in [5.41, 5.74) is 3.17. The van der Waals surface area contributed by atoms with Crippen molar-refractivity contribution in [1.82, 2.24) is 25.0 Å². The molecule has 3 heterocycles. The van der Waals surface area contributed by atoms with E-state index in [2.05, 4.69) is 20.3 Å². The zero-order valence-corrected chi connectivity index (χ0v) is 14.0. The molecule has 0 bridgehead atoms. The first kappa shape index (κ1) is 14.6. The minimum Gasteiger partial charge on any atom is -0.348 e. The number of nitrogens with one attached hydrogen (secondary N) is 1. The zero-order chi connectivity index (χ0) is 16.1. The van der Waals surface area contributed by atoms with Crippen LogP contribution in [0.5, 0.6) is 0 Å². The summed E-state index contributed by atoms with van der Waals surface area (Å²) in [5.74, 6) is -0.000697. The molecule has 1 aliphatic carbocycles. The minimum atomic E-state index is -0.000697. The Kier molecular flexibility index (Phi) is 3.37. The second-order valence-electron chi connectivity index (χ2n) is 6.90. The molecule has 1 amide bonds. The average Bonchev–Trinajstić information content (AvgIpc) is 3.19.